The van der Waals surface area contributed by atoms with Crippen molar-refractivity contribution >= 4 is 30.1 Å². The molecule has 0 aliphatic heterocycles. The van der Waals surface area contributed by atoms with Crippen molar-refractivity contribution in [2.75, 3.05) is 7.05 Å². The molecule has 0 heterocycles. The first-order valence-electron chi connectivity index (χ1n) is 11.9. The summed E-state index contributed by atoms with van der Waals surface area (Å²) in [6.07, 6.45) is 2.00. The summed E-state index contributed by atoms with van der Waals surface area (Å²) in [4.78, 5) is 10.9. The van der Waals surface area contributed by atoms with E-state index in [0.717, 1.165) is 13.7 Å². The largest absolute Gasteiger partial charge is 0.316 e. The second kappa shape index (κ2) is 12.9. The van der Waals surface area contributed by atoms with Crippen LogP contribution in [-0.2, 0) is 21.4 Å². The molecule has 0 unspecified atom stereocenters. The van der Waals surface area contributed by atoms with Crippen molar-refractivity contribution in [3.8, 4) is 17.4 Å². The van der Waals surface area contributed by atoms with Gasteiger partial charge in [-0.1, -0.05) is 81.4 Å². The SMILES string of the molecule is CC(C)(C)OC(=O)NC=BOC#N.CNCc1cccc2c(-c3ccc(C(C)(C)C)cc3)cccc12. The monoisotopic (exact) mass is 485 g/mol. The predicted octanol–water partition coefficient (Wildman–Crippen LogP) is 5.91. The van der Waals surface area contributed by atoms with Gasteiger partial charge in [0.2, 0.25) is 0 Å². The van der Waals surface area contributed by atoms with Gasteiger partial charge in [0.1, 0.15) is 0 Å². The number of benzene rings is 3. The molecule has 0 radical (unpaired) electrons. The Labute approximate surface area is 215 Å². The van der Waals surface area contributed by atoms with E-state index >= 15 is 0 Å². The van der Waals surface area contributed by atoms with Gasteiger partial charge < -0.3 is 5.32 Å². The molecule has 3 rings (SSSR count). The zero-order valence-electron chi connectivity index (χ0n) is 22.3. The van der Waals surface area contributed by atoms with E-state index in [-0.39, 0.29) is 5.41 Å². The average Bonchev–Trinajstić information content (AvgIpc) is 2.81. The minimum absolute atomic E-state index is 0.192. The first-order valence-corrected chi connectivity index (χ1v) is 11.9. The standard InChI is InChI=1S/C22H25N.C7H11BN2O3/c1-22(2,3)18-13-11-16(12-14-18)19-8-6-9-20-17(15-23-4)7-5-10-21(19)20;1-7(2,3)13-6(11)10-4-8-12-5-9/h5-14,23H,15H2,1-4H3;4H,1-3H3,(H,10,11). The molecular formula is C29H36BN3O3. The van der Waals surface area contributed by atoms with Gasteiger partial charge in [-0.25, -0.2) is 0 Å². The van der Waals surface area contributed by atoms with Gasteiger partial charge in [-0.2, -0.15) is 0 Å². The summed E-state index contributed by atoms with van der Waals surface area (Å²) in [6.45, 7) is 12.9. The van der Waals surface area contributed by atoms with E-state index in [2.05, 4.69) is 96.7 Å². The smallest absolute Gasteiger partial charge is 0.0208 e. The van der Waals surface area contributed by atoms with Gasteiger partial charge in [0, 0.05) is 6.54 Å². The number of carbonyl (C=O) groups is 1. The van der Waals surface area contributed by atoms with Crippen LogP contribution in [0.3, 0.4) is 0 Å². The number of carbonyl (C=O) groups excluding carboxylic acids is 1. The van der Waals surface area contributed by atoms with Crippen molar-refractivity contribution in [1.82, 2.24) is 10.6 Å². The number of nitrogens with zero attached hydrogens (tertiary/aromatic N) is 1. The van der Waals surface area contributed by atoms with E-state index < -0.39 is 11.7 Å². The van der Waals surface area contributed by atoms with Gasteiger partial charge in [0.05, 0.1) is 0 Å². The van der Waals surface area contributed by atoms with Gasteiger partial charge in [-0.15, -0.1) is 0 Å². The minimum atomic E-state index is -0.592. The Morgan fingerprint density at radius 2 is 1.61 bits per heavy atom. The van der Waals surface area contributed by atoms with E-state index in [1.54, 1.807) is 20.8 Å². The first kappa shape index (κ1) is 28.6. The molecule has 0 aromatic heterocycles. The molecule has 0 atom stereocenters. The van der Waals surface area contributed by atoms with E-state index in [1.807, 2.05) is 7.05 Å². The zero-order valence-corrected chi connectivity index (χ0v) is 22.3. The number of nitrogens with one attached hydrogen (secondary N) is 2. The summed E-state index contributed by atoms with van der Waals surface area (Å²) in [7, 11) is 3.04. The second-order valence-electron chi connectivity index (χ2n) is 10.3. The van der Waals surface area contributed by atoms with E-state index in [9.17, 15) is 4.79 Å². The third kappa shape index (κ3) is 8.86. The van der Waals surface area contributed by atoms with Crippen LogP contribution in [0.25, 0.3) is 21.9 Å². The van der Waals surface area contributed by atoms with Crippen molar-refractivity contribution in [1.29, 1.82) is 5.26 Å². The number of ether oxygens (including phenoxy) is 1. The third-order valence-electron chi connectivity index (χ3n) is 5.23. The Bertz CT molecular complexity index is 1220. The maximum Gasteiger partial charge on any atom is 0.0208 e. The molecule has 0 aliphatic carbocycles. The molecule has 0 fully saturated rings. The molecule has 3 aromatic rings. The number of fused-ring (bicyclic) bond motifs is 1. The fourth-order valence-corrected chi connectivity index (χ4v) is 3.60. The predicted molar refractivity (Wildman–Crippen MR) is 149 cm³/mol. The Hall–Kier alpha value is -3.63. The third-order valence-corrected chi connectivity index (χ3v) is 5.23. The number of nitriles is 1. The van der Waals surface area contributed by atoms with Crippen LogP contribution in [0.2, 0.25) is 0 Å². The average molecular weight is 485 g/mol. The summed E-state index contributed by atoms with van der Waals surface area (Å²) in [5, 5.41) is 16.1. The molecule has 36 heavy (non-hydrogen) atoms. The van der Waals surface area contributed by atoms with Crippen molar-refractivity contribution in [3.63, 3.8) is 0 Å². The van der Waals surface area contributed by atoms with Gasteiger partial charge in [-0.05, 0) is 45.5 Å². The van der Waals surface area contributed by atoms with Crippen molar-refractivity contribution in [2.45, 2.75) is 59.1 Å². The number of hydrogen-bond donors (Lipinski definition) is 2. The van der Waals surface area contributed by atoms with E-state index in [1.165, 1.54) is 45.4 Å². The van der Waals surface area contributed by atoms with Crippen molar-refractivity contribution < 1.29 is 14.2 Å². The number of amides is 1. The van der Waals surface area contributed by atoms with Crippen LogP contribution in [0, 0.1) is 11.5 Å². The van der Waals surface area contributed by atoms with Crippen LogP contribution in [0.4, 0.5) is 4.79 Å². The molecular weight excluding hydrogens is 449 g/mol. The topological polar surface area (TPSA) is 83.4 Å². The normalized spacial score (nSPS) is 11.2. The molecule has 2 N–H and O–H groups in total. The van der Waals surface area contributed by atoms with Gasteiger partial charge in [-0.3, -0.25) is 0 Å². The maximum absolute atomic E-state index is 10.9. The second-order valence-corrected chi connectivity index (χ2v) is 10.3. The molecule has 6 nitrogen and oxygen atoms in total. The minimum Gasteiger partial charge on any atom is -0.316 e. The van der Waals surface area contributed by atoms with Crippen molar-refractivity contribution in [2.24, 2.45) is 0 Å². The van der Waals surface area contributed by atoms with Gasteiger partial charge in [0.15, 0.2) is 0 Å². The number of rotatable bonds is 5. The number of hydrogen-bond acceptors (Lipinski definition) is 5. The van der Waals surface area contributed by atoms with Crippen LogP contribution in [0.15, 0.2) is 60.7 Å². The van der Waals surface area contributed by atoms with Crippen LogP contribution < -0.4 is 10.6 Å². The quantitative estimate of drug-likeness (QED) is 0.347. The van der Waals surface area contributed by atoms with Crippen molar-refractivity contribution in [3.05, 3.63) is 71.8 Å². The Balaban J connectivity index is 0.000000302. The molecule has 1 amide bonds. The Kier molecular flexibility index (Phi) is 10.3. The molecule has 7 heteroatoms. The Morgan fingerprint density at radius 3 is 2.19 bits per heavy atom. The zero-order chi connectivity index (χ0) is 26.8. The molecule has 0 saturated carbocycles. The molecule has 3 aromatic carbocycles. The molecule has 0 saturated heterocycles. The fourth-order valence-electron chi connectivity index (χ4n) is 3.60. The van der Waals surface area contributed by atoms with Crippen LogP contribution in [0.1, 0.15) is 52.7 Å². The molecule has 0 aliphatic rings. The summed E-state index contributed by atoms with van der Waals surface area (Å²) >= 11 is 0. The summed E-state index contributed by atoms with van der Waals surface area (Å²) in [5.41, 5.74) is 4.97. The van der Waals surface area contributed by atoms with Crippen LogP contribution >= 0.6 is 0 Å². The molecule has 0 spiro atoms. The van der Waals surface area contributed by atoms with Gasteiger partial charge in [0.25, 0.3) is 0 Å². The maximum atomic E-state index is 10.9. The van der Waals surface area contributed by atoms with Crippen LogP contribution in [0.5, 0.6) is 0 Å². The number of alkyl carbamates (subject to hydrolysis) is 1. The van der Waals surface area contributed by atoms with Crippen LogP contribution in [-0.4, -0.2) is 32.0 Å². The van der Waals surface area contributed by atoms with E-state index in [4.69, 9.17) is 10.00 Å². The summed E-state index contributed by atoms with van der Waals surface area (Å²) < 4.78 is 9.05. The first-order chi connectivity index (χ1) is 17.0. The fraction of sp³-hybridized carbons (Fsp3) is 0.345. The van der Waals surface area contributed by atoms with Gasteiger partial charge >= 0.3 is 76.7 Å². The Morgan fingerprint density at radius 1 is 0.972 bits per heavy atom. The molecule has 0 bridgehead atoms. The molecule has 188 valence electrons. The summed E-state index contributed by atoms with van der Waals surface area (Å²) in [6, 6.07) is 22.2. The van der Waals surface area contributed by atoms with E-state index in [0.29, 0.717) is 0 Å². The summed E-state index contributed by atoms with van der Waals surface area (Å²) in [5.74, 6) is 0.